The normalized spacial score (nSPS) is 18.6. The minimum Gasteiger partial charge on any atom is -0.375 e. The fourth-order valence-corrected chi connectivity index (χ4v) is 5.62. The second kappa shape index (κ2) is 8.49. The first-order chi connectivity index (χ1) is 18.0. The molecule has 0 atom stereocenters. The third kappa shape index (κ3) is 4.21. The average molecular weight is 517 g/mol. The van der Waals surface area contributed by atoms with Crippen LogP contribution in [-0.4, -0.2) is 60.8 Å². The van der Waals surface area contributed by atoms with Crippen LogP contribution in [0.1, 0.15) is 60.7 Å². The highest BCUT2D eigenvalue weighted by Gasteiger charge is 2.40. The number of pyridine rings is 1. The molecule has 190 valence electrons. The number of carbonyl (C=O) groups excluding carboxylic acids is 1. The van der Waals surface area contributed by atoms with Gasteiger partial charge >= 0.3 is 0 Å². The van der Waals surface area contributed by atoms with Crippen LogP contribution in [0.5, 0.6) is 0 Å². The van der Waals surface area contributed by atoms with E-state index < -0.39 is 0 Å². The van der Waals surface area contributed by atoms with Crippen molar-refractivity contribution < 1.29 is 9.53 Å². The number of aromatic nitrogens is 6. The van der Waals surface area contributed by atoms with Crippen LogP contribution in [0.2, 0.25) is 0 Å². The zero-order chi connectivity index (χ0) is 25.1. The number of methoxy groups -OCH3 is 1. The second-order valence-corrected chi connectivity index (χ2v) is 11.3. The molecule has 0 spiro atoms. The molecule has 1 N–H and O–H groups in total. The molecule has 5 heterocycles. The molecule has 0 radical (unpaired) electrons. The van der Waals surface area contributed by atoms with Crippen LogP contribution in [0.4, 0.5) is 11.5 Å². The van der Waals surface area contributed by atoms with Gasteiger partial charge in [-0.15, -0.1) is 11.3 Å². The van der Waals surface area contributed by atoms with E-state index in [4.69, 9.17) is 4.74 Å². The van der Waals surface area contributed by atoms with Gasteiger partial charge in [0.15, 0.2) is 10.8 Å². The summed E-state index contributed by atoms with van der Waals surface area (Å²) in [5.74, 6) is 1.59. The molecule has 37 heavy (non-hydrogen) atoms. The largest absolute Gasteiger partial charge is 0.375 e. The number of nitrogens with zero attached hydrogens (tertiary/aromatic N) is 7. The molecule has 1 saturated heterocycles. The Hall–Kier alpha value is -3.57. The molecule has 2 aliphatic carbocycles. The van der Waals surface area contributed by atoms with Gasteiger partial charge < -0.3 is 24.1 Å². The van der Waals surface area contributed by atoms with Gasteiger partial charge in [-0.1, -0.05) is 0 Å². The Labute approximate surface area is 218 Å². The summed E-state index contributed by atoms with van der Waals surface area (Å²) in [6.07, 6.45) is 14.2. The third-order valence-electron chi connectivity index (χ3n) is 7.40. The Bertz CT molecular complexity index is 1480. The fraction of sp³-hybridized carbons (Fsp3) is 0.423. The van der Waals surface area contributed by atoms with Crippen molar-refractivity contribution in [1.82, 2.24) is 29.1 Å². The molecule has 4 aromatic heterocycles. The fourth-order valence-electron chi connectivity index (χ4n) is 4.87. The lowest BCUT2D eigenvalue weighted by Crippen LogP contribution is -2.61. The van der Waals surface area contributed by atoms with E-state index in [0.29, 0.717) is 23.5 Å². The predicted octanol–water partition coefficient (Wildman–Crippen LogP) is 4.28. The molecule has 3 aliphatic rings. The summed E-state index contributed by atoms with van der Waals surface area (Å²) in [4.78, 5) is 33.7. The Balaban J connectivity index is 1.15. The SMILES string of the molecule is COC1(C)CN(c2cnc(C(=O)Nc3csc(-c4nccn4C4CC4)n3)cc2-n2cnc(C3CC3)c2)C1. The Morgan fingerprint density at radius 1 is 1.16 bits per heavy atom. The number of hydrogen-bond acceptors (Lipinski definition) is 8. The average Bonchev–Trinajstić information content (AvgIpc) is 3.77. The quantitative estimate of drug-likeness (QED) is 0.373. The van der Waals surface area contributed by atoms with E-state index >= 15 is 0 Å². The van der Waals surface area contributed by atoms with E-state index in [9.17, 15) is 4.79 Å². The van der Waals surface area contributed by atoms with Crippen LogP contribution in [0, 0.1) is 0 Å². The molecular weight excluding hydrogens is 488 g/mol. The number of rotatable bonds is 8. The van der Waals surface area contributed by atoms with Crippen molar-refractivity contribution >= 4 is 28.7 Å². The van der Waals surface area contributed by atoms with Crippen molar-refractivity contribution in [3.63, 3.8) is 0 Å². The molecule has 0 bridgehead atoms. The highest BCUT2D eigenvalue weighted by atomic mass is 32.1. The molecule has 11 heteroatoms. The summed E-state index contributed by atoms with van der Waals surface area (Å²) in [7, 11) is 1.74. The van der Waals surface area contributed by atoms with E-state index in [1.807, 2.05) is 28.5 Å². The van der Waals surface area contributed by atoms with Gasteiger partial charge in [0.05, 0.1) is 35.2 Å². The molecule has 3 fully saturated rings. The van der Waals surface area contributed by atoms with Crippen LogP contribution in [-0.2, 0) is 4.74 Å². The molecule has 7 rings (SSSR count). The van der Waals surface area contributed by atoms with Crippen LogP contribution < -0.4 is 10.2 Å². The molecular formula is C26H28N8O2S. The lowest BCUT2D eigenvalue weighted by atomic mass is 9.95. The van der Waals surface area contributed by atoms with Crippen molar-refractivity contribution in [3.05, 3.63) is 53.9 Å². The van der Waals surface area contributed by atoms with Gasteiger partial charge in [-0.3, -0.25) is 4.79 Å². The molecule has 1 amide bonds. The Morgan fingerprint density at radius 2 is 2.00 bits per heavy atom. The van der Waals surface area contributed by atoms with Gasteiger partial charge in [-0.25, -0.2) is 19.9 Å². The van der Waals surface area contributed by atoms with Crippen LogP contribution in [0.3, 0.4) is 0 Å². The summed E-state index contributed by atoms with van der Waals surface area (Å²) < 4.78 is 9.81. The molecule has 10 nitrogen and oxygen atoms in total. The van der Waals surface area contributed by atoms with Crippen molar-refractivity contribution in [2.75, 3.05) is 30.4 Å². The van der Waals surface area contributed by atoms with Crippen LogP contribution >= 0.6 is 11.3 Å². The van der Waals surface area contributed by atoms with Crippen molar-refractivity contribution in [2.45, 2.75) is 50.2 Å². The number of imidazole rings is 2. The van der Waals surface area contributed by atoms with Crippen LogP contribution in [0.25, 0.3) is 16.5 Å². The van der Waals surface area contributed by atoms with Gasteiger partial charge in [0.25, 0.3) is 5.91 Å². The number of nitrogens with one attached hydrogen (secondary N) is 1. The lowest BCUT2D eigenvalue weighted by Gasteiger charge is -2.48. The summed E-state index contributed by atoms with van der Waals surface area (Å²) >= 11 is 1.47. The summed E-state index contributed by atoms with van der Waals surface area (Å²) in [6.45, 7) is 3.61. The molecule has 0 unspecified atom stereocenters. The Morgan fingerprint density at radius 3 is 2.76 bits per heavy atom. The maximum Gasteiger partial charge on any atom is 0.275 e. The maximum absolute atomic E-state index is 13.2. The third-order valence-corrected chi connectivity index (χ3v) is 8.24. The molecule has 0 aromatic carbocycles. The number of anilines is 2. The lowest BCUT2D eigenvalue weighted by molar-refractivity contribution is -0.0168. The Kier molecular flexibility index (Phi) is 5.19. The molecule has 4 aromatic rings. The van der Waals surface area contributed by atoms with E-state index in [-0.39, 0.29) is 11.5 Å². The highest BCUT2D eigenvalue weighted by Crippen LogP contribution is 2.41. The summed E-state index contributed by atoms with van der Waals surface area (Å²) in [6, 6.07) is 2.34. The predicted molar refractivity (Wildman–Crippen MR) is 141 cm³/mol. The van der Waals surface area contributed by atoms with E-state index in [2.05, 4.69) is 47.8 Å². The monoisotopic (exact) mass is 516 g/mol. The minimum atomic E-state index is -0.303. The number of hydrogen-bond donors (Lipinski definition) is 1. The van der Waals surface area contributed by atoms with Gasteiger partial charge in [-0.2, -0.15) is 0 Å². The zero-order valence-corrected chi connectivity index (χ0v) is 21.6. The number of amides is 1. The highest BCUT2D eigenvalue weighted by molar-refractivity contribution is 7.13. The smallest absolute Gasteiger partial charge is 0.275 e. The first kappa shape index (κ1) is 22.6. The van der Waals surface area contributed by atoms with Crippen molar-refractivity contribution in [2.24, 2.45) is 0 Å². The number of carbonyl (C=O) groups is 1. The van der Waals surface area contributed by atoms with Crippen molar-refractivity contribution in [3.8, 4) is 16.5 Å². The van der Waals surface area contributed by atoms with E-state index in [1.54, 1.807) is 19.5 Å². The summed E-state index contributed by atoms with van der Waals surface area (Å²) in [5, 5.41) is 5.56. The minimum absolute atomic E-state index is 0.183. The first-order valence-corrected chi connectivity index (χ1v) is 13.5. The summed E-state index contributed by atoms with van der Waals surface area (Å²) in [5.41, 5.74) is 3.07. The van der Waals surface area contributed by atoms with Crippen molar-refractivity contribution in [1.29, 1.82) is 0 Å². The standard InChI is InChI=1S/C26H28N8O2S/c1-26(36-2)13-33(14-26)21-10-28-18(9-20(21)32-11-19(29-15-32)16-3-4-16)24(35)30-22-12-37-25(31-22)23-27-7-8-34(23)17-5-6-17/h7-12,15-17H,3-6,13-14H2,1-2H3,(H,30,35). The number of ether oxygens (including phenoxy) is 1. The first-order valence-electron chi connectivity index (χ1n) is 12.6. The number of thiazole rings is 1. The van der Waals surface area contributed by atoms with Gasteiger partial charge in [-0.05, 0) is 38.7 Å². The van der Waals surface area contributed by atoms with Gasteiger partial charge in [0.1, 0.15) is 11.5 Å². The van der Waals surface area contributed by atoms with Gasteiger partial charge in [0.2, 0.25) is 0 Å². The maximum atomic E-state index is 13.2. The van der Waals surface area contributed by atoms with E-state index in [0.717, 1.165) is 41.0 Å². The van der Waals surface area contributed by atoms with Crippen LogP contribution in [0.15, 0.2) is 42.6 Å². The molecule has 1 aliphatic heterocycles. The van der Waals surface area contributed by atoms with E-state index in [1.165, 1.54) is 37.0 Å². The van der Waals surface area contributed by atoms with Gasteiger partial charge in [0, 0.05) is 56.1 Å². The topological polar surface area (TPSA) is 103 Å². The molecule has 2 saturated carbocycles. The second-order valence-electron chi connectivity index (χ2n) is 10.4. The zero-order valence-electron chi connectivity index (χ0n) is 20.8.